The molecule has 0 bridgehead atoms. The van der Waals surface area contributed by atoms with Crippen molar-refractivity contribution in [1.29, 1.82) is 0 Å². The molecule has 3 rings (SSSR count). The minimum Gasteiger partial charge on any atom is -0.401 e. The highest BCUT2D eigenvalue weighted by atomic mass is 19.4. The largest absolute Gasteiger partial charge is 0.416 e. The molecule has 0 aliphatic heterocycles. The number of hydrogen-bond acceptors (Lipinski definition) is 2. The summed E-state index contributed by atoms with van der Waals surface area (Å²) in [4.78, 5) is 4.21. The van der Waals surface area contributed by atoms with Crippen LogP contribution in [-0.2, 0) is 19.0 Å². The molecule has 1 aliphatic rings. The molecule has 0 unspecified atom stereocenters. The van der Waals surface area contributed by atoms with Crippen molar-refractivity contribution >= 4 is 5.71 Å². The fourth-order valence-electron chi connectivity index (χ4n) is 3.87. The fraction of sp³-hybridized carbons (Fsp3) is 0.320. The average molecular weight is 430 g/mol. The van der Waals surface area contributed by atoms with Crippen LogP contribution in [0, 0.1) is 5.82 Å². The minimum atomic E-state index is -4.44. The third-order valence-corrected chi connectivity index (χ3v) is 5.67. The normalized spacial score (nSPS) is 15.6. The van der Waals surface area contributed by atoms with Gasteiger partial charge in [0.2, 0.25) is 0 Å². The Morgan fingerprint density at radius 2 is 1.87 bits per heavy atom. The topological polar surface area (TPSA) is 38.4 Å². The van der Waals surface area contributed by atoms with Crippen molar-refractivity contribution in [3.05, 3.63) is 94.6 Å². The van der Waals surface area contributed by atoms with Crippen LogP contribution in [0.25, 0.3) is 0 Å². The second-order valence-electron chi connectivity index (χ2n) is 7.87. The lowest BCUT2D eigenvalue weighted by Gasteiger charge is -2.29. The van der Waals surface area contributed by atoms with Crippen LogP contribution in [0.5, 0.6) is 0 Å². The molecular weight excluding hydrogens is 404 g/mol. The molecule has 164 valence electrons. The number of alkyl halides is 3. The van der Waals surface area contributed by atoms with E-state index >= 15 is 4.39 Å². The highest BCUT2D eigenvalue weighted by Crippen LogP contribution is 2.40. The molecule has 0 amide bonds. The number of hydrogen-bond donors (Lipinski definition) is 1. The van der Waals surface area contributed by atoms with Crippen LogP contribution in [0.3, 0.4) is 0 Å². The first-order chi connectivity index (χ1) is 14.7. The number of benzene rings is 2. The van der Waals surface area contributed by atoms with Crippen molar-refractivity contribution in [2.75, 3.05) is 0 Å². The summed E-state index contributed by atoms with van der Waals surface area (Å²) in [6.07, 6.45) is 1.70. The molecule has 2 N–H and O–H groups in total. The van der Waals surface area contributed by atoms with Gasteiger partial charge in [-0.1, -0.05) is 37.3 Å². The van der Waals surface area contributed by atoms with E-state index < -0.39 is 17.6 Å². The molecule has 0 saturated heterocycles. The second-order valence-corrected chi connectivity index (χ2v) is 7.87. The zero-order valence-electron chi connectivity index (χ0n) is 17.5. The van der Waals surface area contributed by atoms with E-state index in [9.17, 15) is 13.2 Å². The Morgan fingerprint density at radius 3 is 2.45 bits per heavy atom. The molecule has 1 fully saturated rings. The molecule has 1 aliphatic carbocycles. The predicted molar refractivity (Wildman–Crippen MR) is 117 cm³/mol. The maximum Gasteiger partial charge on any atom is 0.416 e. The zero-order chi connectivity index (χ0) is 22.6. The van der Waals surface area contributed by atoms with E-state index in [1.54, 1.807) is 19.1 Å². The van der Waals surface area contributed by atoms with Gasteiger partial charge < -0.3 is 5.73 Å². The van der Waals surface area contributed by atoms with E-state index in [0.717, 1.165) is 30.9 Å². The van der Waals surface area contributed by atoms with Crippen LogP contribution in [0.4, 0.5) is 17.6 Å². The summed E-state index contributed by atoms with van der Waals surface area (Å²) >= 11 is 0. The molecule has 0 spiro atoms. The monoisotopic (exact) mass is 430 g/mol. The van der Waals surface area contributed by atoms with Gasteiger partial charge in [0.1, 0.15) is 5.82 Å². The molecule has 1 saturated carbocycles. The van der Waals surface area contributed by atoms with Crippen LogP contribution in [-0.4, -0.2) is 5.71 Å². The number of aryl methyl sites for hydroxylation is 1. The molecule has 6 heteroatoms. The van der Waals surface area contributed by atoms with Gasteiger partial charge in [0.15, 0.2) is 0 Å². The van der Waals surface area contributed by atoms with Gasteiger partial charge in [-0.15, -0.1) is 0 Å². The van der Waals surface area contributed by atoms with Crippen LogP contribution in [0.2, 0.25) is 0 Å². The number of aliphatic imine (C=N–C) groups is 1. The van der Waals surface area contributed by atoms with Crippen LogP contribution in [0.1, 0.15) is 59.9 Å². The summed E-state index contributed by atoms with van der Waals surface area (Å²) in [6, 6.07) is 9.03. The first kappa shape index (κ1) is 22.8. The van der Waals surface area contributed by atoms with Gasteiger partial charge in [-0.25, -0.2) is 4.39 Å². The van der Waals surface area contributed by atoms with E-state index in [0.29, 0.717) is 17.0 Å². The van der Waals surface area contributed by atoms with E-state index in [1.165, 1.54) is 24.4 Å². The van der Waals surface area contributed by atoms with Crippen LogP contribution < -0.4 is 5.73 Å². The van der Waals surface area contributed by atoms with Gasteiger partial charge in [0.05, 0.1) is 11.3 Å². The van der Waals surface area contributed by atoms with Crippen molar-refractivity contribution in [2.24, 2.45) is 10.7 Å². The van der Waals surface area contributed by atoms with E-state index in [1.807, 2.05) is 6.07 Å². The highest BCUT2D eigenvalue weighted by molar-refractivity contribution is 6.09. The van der Waals surface area contributed by atoms with Crippen molar-refractivity contribution < 1.29 is 17.6 Å². The smallest absolute Gasteiger partial charge is 0.401 e. The Bertz CT molecular complexity index is 1010. The molecule has 2 aromatic rings. The Labute approximate surface area is 180 Å². The third-order valence-electron chi connectivity index (χ3n) is 5.67. The predicted octanol–water partition coefficient (Wildman–Crippen LogP) is 6.69. The quantitative estimate of drug-likeness (QED) is 0.386. The lowest BCUT2D eigenvalue weighted by molar-refractivity contribution is -0.138. The molecule has 0 atom stereocenters. The van der Waals surface area contributed by atoms with Gasteiger partial charge in [0, 0.05) is 17.5 Å². The lowest BCUT2D eigenvalue weighted by Crippen LogP contribution is -2.16. The summed E-state index contributed by atoms with van der Waals surface area (Å²) in [5, 5.41) is 0. The molecule has 2 aromatic carbocycles. The fourth-order valence-corrected chi connectivity index (χ4v) is 3.87. The Hall–Kier alpha value is -2.89. The van der Waals surface area contributed by atoms with Gasteiger partial charge >= 0.3 is 6.18 Å². The Kier molecular flexibility index (Phi) is 6.98. The van der Waals surface area contributed by atoms with E-state index in [-0.39, 0.29) is 29.9 Å². The molecule has 2 nitrogen and oxygen atoms in total. The summed E-state index contributed by atoms with van der Waals surface area (Å²) < 4.78 is 55.8. The Morgan fingerprint density at radius 1 is 1.16 bits per heavy atom. The van der Waals surface area contributed by atoms with Gasteiger partial charge in [0.25, 0.3) is 0 Å². The third kappa shape index (κ3) is 5.24. The molecule has 0 radical (unpaired) electrons. The SMILES string of the molecule is C=C/C(=N\C=C(/C)N)c1ccc(C2CCC2)c(CCc2ccccc2C(F)(F)F)c1F. The minimum absolute atomic E-state index is 0.0954. The molecular formula is C25H26F4N2. The van der Waals surface area contributed by atoms with E-state index in [2.05, 4.69) is 11.6 Å². The van der Waals surface area contributed by atoms with E-state index in [4.69, 9.17) is 5.73 Å². The number of nitrogens with two attached hydrogens (primary N) is 1. The van der Waals surface area contributed by atoms with Crippen molar-refractivity contribution in [3.63, 3.8) is 0 Å². The van der Waals surface area contributed by atoms with Gasteiger partial charge in [-0.3, -0.25) is 4.99 Å². The standard InChI is InChI=1S/C25H26F4N2/c1-3-23(31-15-16(2)30)21-14-13-19(17-8-6-9-17)20(24(21)26)12-11-18-7-4-5-10-22(18)25(27,28)29/h3-5,7,10,13-15,17H,1,6,8-9,11-12,30H2,2H3/b16-15+,31-23+. The van der Waals surface area contributed by atoms with Crippen molar-refractivity contribution in [2.45, 2.75) is 51.1 Å². The molecule has 31 heavy (non-hydrogen) atoms. The lowest BCUT2D eigenvalue weighted by atomic mass is 9.76. The summed E-state index contributed by atoms with van der Waals surface area (Å²) in [7, 11) is 0. The summed E-state index contributed by atoms with van der Waals surface area (Å²) in [6.45, 7) is 5.38. The van der Waals surface area contributed by atoms with Crippen molar-refractivity contribution in [3.8, 4) is 0 Å². The molecule has 0 heterocycles. The number of nitrogens with zero attached hydrogens (tertiary/aromatic N) is 1. The zero-order valence-corrected chi connectivity index (χ0v) is 17.5. The first-order valence-corrected chi connectivity index (χ1v) is 10.3. The highest BCUT2D eigenvalue weighted by Gasteiger charge is 2.33. The average Bonchev–Trinajstić information content (AvgIpc) is 2.67. The maximum absolute atomic E-state index is 15.6. The number of halogens is 4. The van der Waals surface area contributed by atoms with Crippen LogP contribution in [0.15, 0.2) is 65.9 Å². The van der Waals surface area contributed by atoms with Gasteiger partial charge in [-0.2, -0.15) is 13.2 Å². The van der Waals surface area contributed by atoms with Gasteiger partial charge in [-0.05, 0) is 73.4 Å². The number of allylic oxidation sites excluding steroid dienone is 2. The number of rotatable bonds is 7. The van der Waals surface area contributed by atoms with Crippen LogP contribution >= 0.6 is 0 Å². The molecule has 0 aromatic heterocycles. The summed E-state index contributed by atoms with van der Waals surface area (Å²) in [5.74, 6) is -0.206. The maximum atomic E-state index is 15.6. The second kappa shape index (κ2) is 9.50. The first-order valence-electron chi connectivity index (χ1n) is 10.3. The Balaban J connectivity index is 2.01. The van der Waals surface area contributed by atoms with Crippen molar-refractivity contribution in [1.82, 2.24) is 0 Å². The summed E-state index contributed by atoms with van der Waals surface area (Å²) in [5.41, 5.74) is 7.53.